The summed E-state index contributed by atoms with van der Waals surface area (Å²) in [7, 11) is 0. The van der Waals surface area contributed by atoms with Gasteiger partial charge in [-0.2, -0.15) is 0 Å². The quantitative estimate of drug-likeness (QED) is 0.908. The highest BCUT2D eigenvalue weighted by atomic mass is 79.9. The molecule has 0 saturated carbocycles. The molecule has 0 radical (unpaired) electrons. The SMILES string of the molecule is C[C@@H](O)c1ccc(Br)cc1OCc1ccncc1Cl. The van der Waals surface area contributed by atoms with Crippen LogP contribution < -0.4 is 4.74 Å². The van der Waals surface area contributed by atoms with E-state index in [1.54, 1.807) is 19.3 Å². The van der Waals surface area contributed by atoms with E-state index in [1.807, 2.05) is 24.3 Å². The summed E-state index contributed by atoms with van der Waals surface area (Å²) in [6, 6.07) is 7.34. The summed E-state index contributed by atoms with van der Waals surface area (Å²) >= 11 is 9.41. The lowest BCUT2D eigenvalue weighted by molar-refractivity contribution is 0.190. The summed E-state index contributed by atoms with van der Waals surface area (Å²) in [5.74, 6) is 0.636. The van der Waals surface area contributed by atoms with Crippen molar-refractivity contribution >= 4 is 27.5 Å². The lowest BCUT2D eigenvalue weighted by atomic mass is 10.1. The Morgan fingerprint density at radius 3 is 2.89 bits per heavy atom. The summed E-state index contributed by atoms with van der Waals surface area (Å²) < 4.78 is 6.64. The molecule has 19 heavy (non-hydrogen) atoms. The van der Waals surface area contributed by atoms with E-state index in [0.717, 1.165) is 15.6 Å². The Morgan fingerprint density at radius 2 is 2.21 bits per heavy atom. The predicted molar refractivity (Wildman–Crippen MR) is 78.4 cm³/mol. The number of halogens is 2. The maximum atomic E-state index is 9.72. The minimum Gasteiger partial charge on any atom is -0.488 e. The zero-order valence-electron chi connectivity index (χ0n) is 10.3. The second-order valence-corrected chi connectivity index (χ2v) is 5.44. The van der Waals surface area contributed by atoms with Crippen LogP contribution in [-0.4, -0.2) is 10.1 Å². The van der Waals surface area contributed by atoms with Crippen LogP contribution in [0.2, 0.25) is 5.02 Å². The lowest BCUT2D eigenvalue weighted by Crippen LogP contribution is -2.01. The minimum absolute atomic E-state index is 0.331. The first-order chi connectivity index (χ1) is 9.08. The van der Waals surface area contributed by atoms with Gasteiger partial charge in [0.05, 0.1) is 11.1 Å². The number of hydrogen-bond acceptors (Lipinski definition) is 3. The van der Waals surface area contributed by atoms with Crippen molar-refractivity contribution in [2.75, 3.05) is 0 Å². The molecule has 5 heteroatoms. The van der Waals surface area contributed by atoms with Gasteiger partial charge < -0.3 is 9.84 Å². The lowest BCUT2D eigenvalue weighted by Gasteiger charge is -2.14. The number of rotatable bonds is 4. The van der Waals surface area contributed by atoms with Gasteiger partial charge in [0.2, 0.25) is 0 Å². The van der Waals surface area contributed by atoms with Crippen LogP contribution in [-0.2, 0) is 6.61 Å². The second-order valence-electron chi connectivity index (χ2n) is 4.11. The Hall–Kier alpha value is -1.10. The average Bonchev–Trinajstić information content (AvgIpc) is 2.37. The Kier molecular flexibility index (Phi) is 4.80. The molecule has 0 aliphatic rings. The van der Waals surface area contributed by atoms with Gasteiger partial charge in [-0.25, -0.2) is 0 Å². The highest BCUT2D eigenvalue weighted by Crippen LogP contribution is 2.29. The Balaban J connectivity index is 2.19. The van der Waals surface area contributed by atoms with E-state index in [4.69, 9.17) is 16.3 Å². The average molecular weight is 343 g/mol. The largest absolute Gasteiger partial charge is 0.488 e. The van der Waals surface area contributed by atoms with E-state index in [-0.39, 0.29) is 0 Å². The molecule has 0 spiro atoms. The monoisotopic (exact) mass is 341 g/mol. The van der Waals surface area contributed by atoms with E-state index >= 15 is 0 Å². The molecule has 0 aliphatic heterocycles. The van der Waals surface area contributed by atoms with Gasteiger partial charge in [0, 0.05) is 28.0 Å². The van der Waals surface area contributed by atoms with Gasteiger partial charge in [-0.15, -0.1) is 0 Å². The summed E-state index contributed by atoms with van der Waals surface area (Å²) in [6.07, 6.45) is 2.66. The van der Waals surface area contributed by atoms with Gasteiger partial charge in [-0.1, -0.05) is 33.6 Å². The van der Waals surface area contributed by atoms with E-state index in [0.29, 0.717) is 17.4 Å². The van der Waals surface area contributed by atoms with Crippen LogP contribution in [0.3, 0.4) is 0 Å². The predicted octanol–water partition coefficient (Wildman–Crippen LogP) is 4.13. The van der Waals surface area contributed by atoms with Crippen molar-refractivity contribution in [3.63, 3.8) is 0 Å². The van der Waals surface area contributed by atoms with E-state index < -0.39 is 6.10 Å². The molecule has 0 fully saturated rings. The van der Waals surface area contributed by atoms with E-state index in [2.05, 4.69) is 20.9 Å². The van der Waals surface area contributed by atoms with Crippen LogP contribution in [0.4, 0.5) is 0 Å². The van der Waals surface area contributed by atoms with E-state index in [1.165, 1.54) is 0 Å². The van der Waals surface area contributed by atoms with Crippen LogP contribution in [0.1, 0.15) is 24.2 Å². The van der Waals surface area contributed by atoms with Crippen molar-refractivity contribution in [3.05, 3.63) is 57.3 Å². The fourth-order valence-electron chi connectivity index (χ4n) is 1.65. The number of hydrogen-bond donors (Lipinski definition) is 1. The summed E-state index contributed by atoms with van der Waals surface area (Å²) in [4.78, 5) is 3.92. The van der Waals surface area contributed by atoms with Crippen LogP contribution >= 0.6 is 27.5 Å². The van der Waals surface area contributed by atoms with Crippen LogP contribution in [0, 0.1) is 0 Å². The molecular formula is C14H13BrClNO2. The van der Waals surface area contributed by atoms with Crippen molar-refractivity contribution in [1.82, 2.24) is 4.98 Å². The van der Waals surface area contributed by atoms with Gasteiger partial charge >= 0.3 is 0 Å². The maximum absolute atomic E-state index is 9.72. The molecule has 100 valence electrons. The first-order valence-electron chi connectivity index (χ1n) is 5.76. The van der Waals surface area contributed by atoms with Gasteiger partial charge in [-0.05, 0) is 25.1 Å². The summed E-state index contributed by atoms with van der Waals surface area (Å²) in [6.45, 7) is 2.03. The van der Waals surface area contributed by atoms with Gasteiger partial charge in [0.25, 0.3) is 0 Å². The Labute approximate surface area is 125 Å². The number of aliphatic hydroxyl groups is 1. The zero-order valence-corrected chi connectivity index (χ0v) is 12.6. The molecule has 0 amide bonds. The van der Waals surface area contributed by atoms with Crippen LogP contribution in [0.15, 0.2) is 41.1 Å². The molecule has 2 rings (SSSR count). The normalized spacial score (nSPS) is 12.2. The number of ether oxygens (including phenoxy) is 1. The molecule has 1 atom stereocenters. The van der Waals surface area contributed by atoms with Gasteiger partial charge in [0.15, 0.2) is 0 Å². The third-order valence-corrected chi connectivity index (χ3v) is 3.50. The third-order valence-electron chi connectivity index (χ3n) is 2.67. The minimum atomic E-state index is -0.587. The van der Waals surface area contributed by atoms with Crippen molar-refractivity contribution in [1.29, 1.82) is 0 Å². The van der Waals surface area contributed by atoms with Crippen molar-refractivity contribution < 1.29 is 9.84 Å². The van der Waals surface area contributed by atoms with E-state index in [9.17, 15) is 5.11 Å². The Morgan fingerprint density at radius 1 is 1.42 bits per heavy atom. The smallest absolute Gasteiger partial charge is 0.126 e. The molecule has 0 unspecified atom stereocenters. The van der Waals surface area contributed by atoms with Crippen LogP contribution in [0.25, 0.3) is 0 Å². The number of aromatic nitrogens is 1. The highest BCUT2D eigenvalue weighted by Gasteiger charge is 2.10. The number of benzene rings is 1. The molecule has 0 aliphatic carbocycles. The molecule has 1 N–H and O–H groups in total. The third kappa shape index (κ3) is 3.69. The molecule has 1 aromatic heterocycles. The van der Waals surface area contributed by atoms with Gasteiger partial charge in [0.1, 0.15) is 12.4 Å². The first kappa shape index (κ1) is 14.3. The molecule has 1 aromatic carbocycles. The second kappa shape index (κ2) is 6.37. The molecular weight excluding hydrogens is 330 g/mol. The van der Waals surface area contributed by atoms with Gasteiger partial charge in [-0.3, -0.25) is 4.98 Å². The molecule has 2 aromatic rings. The first-order valence-corrected chi connectivity index (χ1v) is 6.93. The standard InChI is InChI=1S/C14H13BrClNO2/c1-9(18)12-3-2-11(15)6-14(12)19-8-10-4-5-17-7-13(10)16/h2-7,9,18H,8H2,1H3/t9-/m1/s1. The topological polar surface area (TPSA) is 42.4 Å². The molecule has 0 saturated heterocycles. The van der Waals surface area contributed by atoms with Crippen molar-refractivity contribution in [3.8, 4) is 5.75 Å². The zero-order chi connectivity index (χ0) is 13.8. The number of nitrogens with zero attached hydrogens (tertiary/aromatic N) is 1. The summed E-state index contributed by atoms with van der Waals surface area (Å²) in [5, 5.41) is 10.3. The summed E-state index contributed by atoms with van der Waals surface area (Å²) in [5.41, 5.74) is 1.60. The van der Waals surface area contributed by atoms with Crippen molar-refractivity contribution in [2.24, 2.45) is 0 Å². The molecule has 0 bridgehead atoms. The van der Waals surface area contributed by atoms with Crippen LogP contribution in [0.5, 0.6) is 5.75 Å². The molecule has 3 nitrogen and oxygen atoms in total. The fraction of sp³-hybridized carbons (Fsp3) is 0.214. The Bertz CT molecular complexity index is 575. The number of aliphatic hydroxyl groups excluding tert-OH is 1. The fourth-order valence-corrected chi connectivity index (χ4v) is 2.17. The highest BCUT2D eigenvalue weighted by molar-refractivity contribution is 9.10. The van der Waals surface area contributed by atoms with Crippen molar-refractivity contribution in [2.45, 2.75) is 19.6 Å². The number of pyridine rings is 1. The maximum Gasteiger partial charge on any atom is 0.126 e. The molecule has 1 heterocycles.